The predicted molar refractivity (Wildman–Crippen MR) is 93.1 cm³/mol. The van der Waals surface area contributed by atoms with Crippen molar-refractivity contribution in [3.8, 4) is 11.5 Å². The molecule has 1 aromatic carbocycles. The standard InChI is InChI=1S/C15H21N3O2S.ClH/c1-4-18(10-13-8-17-15(16)21-13)9-11-5-6-12(19-2)7-14(11)20-3;/h5-8H,4,9-10H2,1-3H3,(H2,16,17);1H. The van der Waals surface area contributed by atoms with Gasteiger partial charge in [0.15, 0.2) is 5.13 Å². The summed E-state index contributed by atoms with van der Waals surface area (Å²) in [5.74, 6) is 1.64. The zero-order valence-electron chi connectivity index (χ0n) is 13.0. The molecular weight excluding hydrogens is 322 g/mol. The van der Waals surface area contributed by atoms with Crippen molar-refractivity contribution in [3.05, 3.63) is 34.8 Å². The number of aromatic nitrogens is 1. The van der Waals surface area contributed by atoms with Crippen LogP contribution in [0, 0.1) is 0 Å². The molecule has 0 amide bonds. The van der Waals surface area contributed by atoms with Gasteiger partial charge in [0.25, 0.3) is 0 Å². The van der Waals surface area contributed by atoms with Gasteiger partial charge in [-0.3, -0.25) is 4.90 Å². The van der Waals surface area contributed by atoms with Crippen molar-refractivity contribution in [3.63, 3.8) is 0 Å². The van der Waals surface area contributed by atoms with E-state index < -0.39 is 0 Å². The van der Waals surface area contributed by atoms with Crippen molar-refractivity contribution in [2.75, 3.05) is 26.5 Å². The van der Waals surface area contributed by atoms with E-state index in [1.54, 1.807) is 14.2 Å². The zero-order chi connectivity index (χ0) is 15.2. The highest BCUT2D eigenvalue weighted by atomic mass is 35.5. The van der Waals surface area contributed by atoms with Crippen molar-refractivity contribution >= 4 is 28.9 Å². The van der Waals surface area contributed by atoms with E-state index in [4.69, 9.17) is 15.2 Å². The lowest BCUT2D eigenvalue weighted by atomic mass is 10.1. The molecule has 0 bridgehead atoms. The lowest BCUT2D eigenvalue weighted by Crippen LogP contribution is -2.22. The Kier molecular flexibility index (Phi) is 7.44. The summed E-state index contributed by atoms with van der Waals surface area (Å²) in [4.78, 5) is 7.58. The lowest BCUT2D eigenvalue weighted by molar-refractivity contribution is 0.268. The summed E-state index contributed by atoms with van der Waals surface area (Å²) in [7, 11) is 3.33. The second-order valence-corrected chi connectivity index (χ2v) is 5.79. The van der Waals surface area contributed by atoms with E-state index >= 15 is 0 Å². The molecule has 0 unspecified atom stereocenters. The Bertz CT molecular complexity index is 592. The van der Waals surface area contributed by atoms with Gasteiger partial charge in [0.05, 0.1) is 14.2 Å². The molecule has 0 atom stereocenters. The fourth-order valence-electron chi connectivity index (χ4n) is 2.12. The Morgan fingerprint density at radius 3 is 2.55 bits per heavy atom. The minimum absolute atomic E-state index is 0. The number of anilines is 1. The van der Waals surface area contributed by atoms with E-state index in [0.717, 1.165) is 36.7 Å². The van der Waals surface area contributed by atoms with Crippen molar-refractivity contribution in [1.29, 1.82) is 0 Å². The number of thiazole rings is 1. The number of hydrogen-bond acceptors (Lipinski definition) is 6. The predicted octanol–water partition coefficient (Wildman–Crippen LogP) is 3.19. The maximum absolute atomic E-state index is 5.68. The third-order valence-electron chi connectivity index (χ3n) is 3.29. The first kappa shape index (κ1) is 18.5. The first-order valence-corrected chi connectivity index (χ1v) is 7.61. The third kappa shape index (κ3) is 4.76. The van der Waals surface area contributed by atoms with Gasteiger partial charge in [-0.15, -0.1) is 23.7 Å². The molecule has 0 spiro atoms. The number of nitrogens with zero attached hydrogens (tertiary/aromatic N) is 2. The molecule has 2 rings (SSSR count). The van der Waals surface area contributed by atoms with Gasteiger partial charge in [0.2, 0.25) is 0 Å². The van der Waals surface area contributed by atoms with Gasteiger partial charge in [0, 0.05) is 35.8 Å². The van der Waals surface area contributed by atoms with Gasteiger partial charge in [-0.25, -0.2) is 4.98 Å². The van der Waals surface area contributed by atoms with Crippen LogP contribution in [-0.4, -0.2) is 30.6 Å². The highest BCUT2D eigenvalue weighted by Crippen LogP contribution is 2.26. The molecule has 1 heterocycles. The van der Waals surface area contributed by atoms with E-state index in [-0.39, 0.29) is 12.4 Å². The van der Waals surface area contributed by atoms with Gasteiger partial charge >= 0.3 is 0 Å². The molecule has 122 valence electrons. The highest BCUT2D eigenvalue weighted by Gasteiger charge is 2.11. The molecular formula is C15H22ClN3O2S. The van der Waals surface area contributed by atoms with Gasteiger partial charge < -0.3 is 15.2 Å². The maximum Gasteiger partial charge on any atom is 0.180 e. The molecule has 2 aromatic rings. The van der Waals surface area contributed by atoms with Gasteiger partial charge in [-0.05, 0) is 12.6 Å². The molecule has 2 N–H and O–H groups in total. The lowest BCUT2D eigenvalue weighted by Gasteiger charge is -2.21. The molecule has 0 saturated carbocycles. The number of nitrogen functional groups attached to an aromatic ring is 1. The van der Waals surface area contributed by atoms with E-state index in [1.807, 2.05) is 24.4 Å². The van der Waals surface area contributed by atoms with Crippen LogP contribution >= 0.6 is 23.7 Å². The number of ether oxygens (including phenoxy) is 2. The first-order valence-electron chi connectivity index (χ1n) is 6.79. The monoisotopic (exact) mass is 343 g/mol. The van der Waals surface area contributed by atoms with Gasteiger partial charge in [0.1, 0.15) is 11.5 Å². The number of hydrogen-bond donors (Lipinski definition) is 1. The van der Waals surface area contributed by atoms with E-state index in [0.29, 0.717) is 5.13 Å². The molecule has 0 aliphatic carbocycles. The summed E-state index contributed by atoms with van der Waals surface area (Å²) in [6.45, 7) is 4.72. The van der Waals surface area contributed by atoms with Crippen LogP contribution < -0.4 is 15.2 Å². The van der Waals surface area contributed by atoms with Gasteiger partial charge in [-0.2, -0.15) is 0 Å². The smallest absolute Gasteiger partial charge is 0.180 e. The van der Waals surface area contributed by atoms with Crippen LogP contribution in [0.3, 0.4) is 0 Å². The molecule has 0 radical (unpaired) electrons. The van der Waals surface area contributed by atoms with E-state index in [1.165, 1.54) is 16.2 Å². The van der Waals surface area contributed by atoms with E-state index in [9.17, 15) is 0 Å². The summed E-state index contributed by atoms with van der Waals surface area (Å²) >= 11 is 1.53. The molecule has 0 aliphatic heterocycles. The normalized spacial score (nSPS) is 10.4. The fraction of sp³-hybridized carbons (Fsp3) is 0.400. The molecule has 0 aliphatic rings. The number of nitrogens with two attached hydrogens (primary N) is 1. The van der Waals surface area contributed by atoms with Crippen molar-refractivity contribution in [2.24, 2.45) is 0 Å². The fourth-order valence-corrected chi connectivity index (χ4v) is 2.85. The quantitative estimate of drug-likeness (QED) is 0.836. The van der Waals surface area contributed by atoms with Crippen molar-refractivity contribution < 1.29 is 9.47 Å². The molecule has 5 nitrogen and oxygen atoms in total. The first-order chi connectivity index (χ1) is 10.2. The van der Waals surface area contributed by atoms with Crippen LogP contribution in [0.5, 0.6) is 11.5 Å². The number of rotatable bonds is 7. The molecule has 7 heteroatoms. The van der Waals surface area contributed by atoms with Crippen molar-refractivity contribution in [2.45, 2.75) is 20.0 Å². The molecule has 0 fully saturated rings. The summed E-state index contributed by atoms with van der Waals surface area (Å²) in [6.07, 6.45) is 1.84. The number of benzene rings is 1. The Labute approximate surface area is 141 Å². The Morgan fingerprint density at radius 2 is 2.00 bits per heavy atom. The van der Waals surface area contributed by atoms with Crippen LogP contribution in [0.1, 0.15) is 17.4 Å². The van der Waals surface area contributed by atoms with Crippen molar-refractivity contribution in [1.82, 2.24) is 9.88 Å². The Morgan fingerprint density at radius 1 is 1.23 bits per heavy atom. The maximum atomic E-state index is 5.68. The molecule has 1 aromatic heterocycles. The minimum atomic E-state index is 0. The van der Waals surface area contributed by atoms with Crippen LogP contribution in [-0.2, 0) is 13.1 Å². The third-order valence-corrected chi connectivity index (χ3v) is 4.10. The second kappa shape index (κ2) is 8.82. The summed E-state index contributed by atoms with van der Waals surface area (Å²) in [5, 5.41) is 0.614. The topological polar surface area (TPSA) is 60.6 Å². The van der Waals surface area contributed by atoms with E-state index in [2.05, 4.69) is 16.8 Å². The number of halogens is 1. The van der Waals surface area contributed by atoms with Crippen LogP contribution in [0.2, 0.25) is 0 Å². The molecule has 0 saturated heterocycles. The largest absolute Gasteiger partial charge is 0.497 e. The summed E-state index contributed by atoms with van der Waals surface area (Å²) < 4.78 is 10.7. The SMILES string of the molecule is CCN(Cc1cnc(N)s1)Cc1ccc(OC)cc1OC.Cl. The Balaban J connectivity index is 0.00000242. The summed E-state index contributed by atoms with van der Waals surface area (Å²) in [6, 6.07) is 5.91. The number of methoxy groups -OCH3 is 2. The second-order valence-electron chi connectivity index (χ2n) is 4.65. The van der Waals surface area contributed by atoms with Crippen LogP contribution in [0.15, 0.2) is 24.4 Å². The van der Waals surface area contributed by atoms with Crippen LogP contribution in [0.25, 0.3) is 0 Å². The zero-order valence-corrected chi connectivity index (χ0v) is 14.7. The molecule has 22 heavy (non-hydrogen) atoms. The minimum Gasteiger partial charge on any atom is -0.497 e. The summed E-state index contributed by atoms with van der Waals surface area (Å²) in [5.41, 5.74) is 6.82. The Hall–Kier alpha value is -1.50. The average Bonchev–Trinajstić information content (AvgIpc) is 2.92. The average molecular weight is 344 g/mol. The highest BCUT2D eigenvalue weighted by molar-refractivity contribution is 7.15. The van der Waals surface area contributed by atoms with Crippen LogP contribution in [0.4, 0.5) is 5.13 Å². The van der Waals surface area contributed by atoms with Gasteiger partial charge in [-0.1, -0.05) is 13.0 Å².